The van der Waals surface area contributed by atoms with Gasteiger partial charge in [0.15, 0.2) is 0 Å². The van der Waals surface area contributed by atoms with Gasteiger partial charge in [0, 0.05) is 16.0 Å². The molecule has 2 aliphatic heterocycles. The third-order valence-corrected chi connectivity index (χ3v) is 11.5. The van der Waals surface area contributed by atoms with Crippen molar-refractivity contribution < 1.29 is 34.3 Å². The lowest BCUT2D eigenvalue weighted by Gasteiger charge is -2.51. The average Bonchev–Trinajstić information content (AvgIpc) is 3.49. The lowest BCUT2D eigenvalue weighted by molar-refractivity contribution is -0.127. The number of carbonyl (C=O) groups excluding carboxylic acids is 4. The van der Waals surface area contributed by atoms with Gasteiger partial charge in [-0.1, -0.05) is 89.4 Å². The van der Waals surface area contributed by atoms with Crippen LogP contribution < -0.4 is 15.3 Å². The molecule has 4 aromatic carbocycles. The molecule has 2 aliphatic carbocycles. The molecule has 2 heterocycles. The Hall–Kier alpha value is -4.74. The summed E-state index contributed by atoms with van der Waals surface area (Å²) in [5.41, 5.74) is 0.961. The molecule has 250 valence electrons. The number of anilines is 2. The van der Waals surface area contributed by atoms with E-state index in [1.165, 1.54) is 29.2 Å². The molecule has 0 aromatic heterocycles. The summed E-state index contributed by atoms with van der Waals surface area (Å²) in [6.07, 6.45) is 2.21. The van der Waals surface area contributed by atoms with Gasteiger partial charge in [0.2, 0.25) is 23.6 Å². The number of hydrogen-bond acceptors (Lipinski definition) is 7. The fraction of sp³-hybridized carbons (Fsp3) is 0.211. The monoisotopic (exact) mass is 706 g/mol. The molecule has 6 unspecified atom stereocenters. The van der Waals surface area contributed by atoms with Crippen molar-refractivity contribution in [3.8, 4) is 5.75 Å². The van der Waals surface area contributed by atoms with Gasteiger partial charge in [0.05, 0.1) is 34.5 Å². The Morgan fingerprint density at radius 2 is 1.46 bits per heavy atom. The van der Waals surface area contributed by atoms with E-state index in [4.69, 9.17) is 23.2 Å². The van der Waals surface area contributed by atoms with Crippen molar-refractivity contribution >= 4 is 70.8 Å². The van der Waals surface area contributed by atoms with E-state index in [0.29, 0.717) is 21.8 Å². The first-order chi connectivity index (χ1) is 24.0. The smallest absolute Gasteiger partial charge is 0.488 e. The van der Waals surface area contributed by atoms with E-state index in [2.05, 4.69) is 0 Å². The van der Waals surface area contributed by atoms with Crippen LogP contribution in [0.5, 0.6) is 5.75 Å². The predicted octanol–water partition coefficient (Wildman–Crippen LogP) is 4.75. The van der Waals surface area contributed by atoms with Crippen LogP contribution in [0.4, 0.5) is 11.4 Å². The second kappa shape index (κ2) is 12.0. The first-order valence-corrected chi connectivity index (χ1v) is 17.0. The highest BCUT2D eigenvalue weighted by atomic mass is 35.5. The Morgan fingerprint density at radius 1 is 0.740 bits per heavy atom. The normalized spacial score (nSPS) is 27.2. The number of phenols is 1. The van der Waals surface area contributed by atoms with E-state index in [-0.39, 0.29) is 34.8 Å². The molecular weight excluding hydrogens is 678 g/mol. The molecule has 2 saturated heterocycles. The van der Waals surface area contributed by atoms with Gasteiger partial charge in [-0.3, -0.25) is 24.1 Å². The Bertz CT molecular complexity index is 2140. The van der Waals surface area contributed by atoms with Crippen molar-refractivity contribution in [2.75, 3.05) is 9.80 Å². The molecule has 0 radical (unpaired) electrons. The standard InChI is InChI=1S/C38H29BCl2N2O7/c40-22-9-5-11-24(17-22)43-35(46)30-19-29-26(14-15-28-32(29)36(47)42(34(28)45)23-10-4-8-21(16-23)39(49)50)33(27-13-12-25(44)18-31(27)41)38(30,37(43)48)20-6-2-1-3-7-20/h1-14,16-18,28-30,32-33,44,49-50H,15,19H2. The van der Waals surface area contributed by atoms with Crippen LogP contribution in [-0.4, -0.2) is 45.9 Å². The van der Waals surface area contributed by atoms with Gasteiger partial charge in [0.1, 0.15) is 5.75 Å². The number of phenolic OH excluding ortho intramolecular Hbond substituents is 1. The van der Waals surface area contributed by atoms with E-state index in [1.807, 2.05) is 36.4 Å². The number of carbonyl (C=O) groups is 4. The average molecular weight is 707 g/mol. The van der Waals surface area contributed by atoms with Crippen LogP contribution in [0, 0.1) is 23.7 Å². The van der Waals surface area contributed by atoms with Crippen LogP contribution >= 0.6 is 23.2 Å². The molecule has 4 aromatic rings. The van der Waals surface area contributed by atoms with Crippen LogP contribution in [0.25, 0.3) is 0 Å². The van der Waals surface area contributed by atoms with Crippen LogP contribution in [-0.2, 0) is 24.6 Å². The first kappa shape index (κ1) is 32.5. The minimum Gasteiger partial charge on any atom is -0.508 e. The molecule has 0 spiro atoms. The lowest BCUT2D eigenvalue weighted by Crippen LogP contribution is -2.53. The zero-order valence-corrected chi connectivity index (χ0v) is 27.8. The Balaban J connectivity index is 1.34. The summed E-state index contributed by atoms with van der Waals surface area (Å²) < 4.78 is 0. The van der Waals surface area contributed by atoms with Crippen LogP contribution in [0.1, 0.15) is 29.9 Å². The number of benzene rings is 4. The number of halogens is 2. The highest BCUT2D eigenvalue weighted by Gasteiger charge is 2.70. The van der Waals surface area contributed by atoms with Crippen LogP contribution in [0.15, 0.2) is 109 Å². The van der Waals surface area contributed by atoms with Crippen molar-refractivity contribution in [3.63, 3.8) is 0 Å². The molecule has 4 amide bonds. The van der Waals surface area contributed by atoms with Gasteiger partial charge >= 0.3 is 7.12 Å². The van der Waals surface area contributed by atoms with E-state index >= 15 is 4.79 Å². The molecular formula is C38H29BCl2N2O7. The van der Waals surface area contributed by atoms with Gasteiger partial charge in [-0.25, -0.2) is 4.90 Å². The molecule has 3 N–H and O–H groups in total. The Morgan fingerprint density at radius 3 is 2.16 bits per heavy atom. The highest BCUT2D eigenvalue weighted by Crippen LogP contribution is 2.65. The summed E-state index contributed by atoms with van der Waals surface area (Å²) in [4.78, 5) is 60.8. The molecule has 4 aliphatic rings. The summed E-state index contributed by atoms with van der Waals surface area (Å²) in [6.45, 7) is 0. The van der Waals surface area contributed by atoms with E-state index in [1.54, 1.807) is 42.5 Å². The minimum atomic E-state index is -1.80. The predicted molar refractivity (Wildman–Crippen MR) is 188 cm³/mol. The van der Waals surface area contributed by atoms with Crippen LogP contribution in [0.3, 0.4) is 0 Å². The molecule has 8 rings (SSSR count). The number of allylic oxidation sites excluding steroid dienone is 2. The summed E-state index contributed by atoms with van der Waals surface area (Å²) in [5.74, 6) is -5.95. The molecule has 50 heavy (non-hydrogen) atoms. The third-order valence-electron chi connectivity index (χ3n) is 10.9. The number of hydrogen-bond donors (Lipinski definition) is 3. The van der Waals surface area contributed by atoms with Gasteiger partial charge in [-0.05, 0) is 77.8 Å². The fourth-order valence-electron chi connectivity index (χ4n) is 8.92. The quantitative estimate of drug-likeness (QED) is 0.155. The van der Waals surface area contributed by atoms with Gasteiger partial charge in [-0.2, -0.15) is 0 Å². The Labute approximate surface area is 297 Å². The first-order valence-electron chi connectivity index (χ1n) is 16.3. The van der Waals surface area contributed by atoms with E-state index in [9.17, 15) is 29.5 Å². The third kappa shape index (κ3) is 4.63. The SMILES string of the molecule is O=C1C2CC=C3C(CC4C(=O)N(c5cccc(Cl)c5)C(=O)C4(c4ccccc4)C3c3ccc(O)cc3Cl)C2C(=O)N1c1cccc(B(O)O)c1. The summed E-state index contributed by atoms with van der Waals surface area (Å²) in [6, 6.07) is 26.1. The molecule has 3 fully saturated rings. The number of fused-ring (bicyclic) bond motifs is 4. The second-order valence-corrected chi connectivity index (χ2v) is 14.1. The fourth-order valence-corrected chi connectivity index (χ4v) is 9.39. The number of amides is 4. The molecule has 6 atom stereocenters. The summed E-state index contributed by atoms with van der Waals surface area (Å²) in [7, 11) is -1.80. The highest BCUT2D eigenvalue weighted by molar-refractivity contribution is 6.58. The number of rotatable bonds is 5. The van der Waals surface area contributed by atoms with Crippen molar-refractivity contribution in [2.45, 2.75) is 24.2 Å². The molecule has 12 heteroatoms. The van der Waals surface area contributed by atoms with Crippen molar-refractivity contribution in [1.29, 1.82) is 0 Å². The van der Waals surface area contributed by atoms with E-state index < -0.39 is 65.8 Å². The number of imide groups is 2. The number of nitrogens with zero attached hydrogens (tertiary/aromatic N) is 2. The maximum atomic E-state index is 15.3. The largest absolute Gasteiger partial charge is 0.508 e. The zero-order chi connectivity index (χ0) is 35.1. The van der Waals surface area contributed by atoms with Crippen LogP contribution in [0.2, 0.25) is 10.0 Å². The molecule has 1 saturated carbocycles. The van der Waals surface area contributed by atoms with Gasteiger partial charge in [-0.15, -0.1) is 0 Å². The molecule has 9 nitrogen and oxygen atoms in total. The van der Waals surface area contributed by atoms with Gasteiger partial charge < -0.3 is 15.2 Å². The lowest BCUT2D eigenvalue weighted by atomic mass is 9.49. The zero-order valence-electron chi connectivity index (χ0n) is 26.3. The maximum absolute atomic E-state index is 15.3. The molecule has 0 bridgehead atoms. The summed E-state index contributed by atoms with van der Waals surface area (Å²) >= 11 is 13.3. The van der Waals surface area contributed by atoms with Crippen molar-refractivity contribution in [2.24, 2.45) is 23.7 Å². The summed E-state index contributed by atoms with van der Waals surface area (Å²) in [5, 5.41) is 30.5. The van der Waals surface area contributed by atoms with Crippen molar-refractivity contribution in [3.05, 3.63) is 130 Å². The second-order valence-electron chi connectivity index (χ2n) is 13.3. The van der Waals surface area contributed by atoms with Crippen molar-refractivity contribution in [1.82, 2.24) is 0 Å². The van der Waals surface area contributed by atoms with E-state index in [0.717, 1.165) is 10.5 Å². The maximum Gasteiger partial charge on any atom is 0.488 e. The minimum absolute atomic E-state index is 0.0778. The Kier molecular flexibility index (Phi) is 7.76. The topological polar surface area (TPSA) is 135 Å². The number of aromatic hydroxyl groups is 1. The van der Waals surface area contributed by atoms with Gasteiger partial charge in [0.25, 0.3) is 0 Å².